The van der Waals surface area contributed by atoms with E-state index in [1.807, 2.05) is 56.3 Å². The molecule has 0 amide bonds. The fourth-order valence-corrected chi connectivity index (χ4v) is 2.93. The van der Waals surface area contributed by atoms with Gasteiger partial charge in [0.2, 0.25) is 0 Å². The molecule has 0 atom stereocenters. The van der Waals surface area contributed by atoms with Crippen LogP contribution in [0.1, 0.15) is 30.5 Å². The van der Waals surface area contributed by atoms with Crippen molar-refractivity contribution in [3.8, 4) is 11.5 Å². The van der Waals surface area contributed by atoms with Crippen molar-refractivity contribution in [2.45, 2.75) is 33.8 Å². The van der Waals surface area contributed by atoms with E-state index in [4.69, 9.17) is 4.74 Å². The maximum Gasteiger partial charge on any atom is 0.139 e. The topological polar surface area (TPSA) is 71.5 Å². The number of ether oxygens (including phenoxy) is 1. The SMILES string of the molecule is Cc1c(OCc2cccc(Nc3cccnc3)c2)ccc(CC(=O)C(C)C)c1O. The van der Waals surface area contributed by atoms with Gasteiger partial charge in [-0.2, -0.15) is 0 Å². The Morgan fingerprint density at radius 3 is 2.66 bits per heavy atom. The minimum atomic E-state index is -0.0572. The minimum absolute atomic E-state index is 0.0572. The number of carbonyl (C=O) groups is 1. The molecule has 0 spiro atoms. The molecule has 3 aromatic rings. The first-order chi connectivity index (χ1) is 13.9. The first-order valence-corrected chi connectivity index (χ1v) is 9.67. The zero-order valence-corrected chi connectivity index (χ0v) is 17.0. The maximum absolute atomic E-state index is 12.0. The van der Waals surface area contributed by atoms with Gasteiger partial charge in [-0.25, -0.2) is 0 Å². The van der Waals surface area contributed by atoms with Crippen LogP contribution < -0.4 is 10.1 Å². The van der Waals surface area contributed by atoms with Crippen molar-refractivity contribution in [2.75, 3.05) is 5.32 Å². The van der Waals surface area contributed by atoms with Gasteiger partial charge in [0, 0.05) is 35.3 Å². The molecule has 0 radical (unpaired) electrons. The normalized spacial score (nSPS) is 10.8. The maximum atomic E-state index is 12.0. The van der Waals surface area contributed by atoms with Crippen LogP contribution in [-0.4, -0.2) is 15.9 Å². The number of hydrogen-bond donors (Lipinski definition) is 2. The van der Waals surface area contributed by atoms with Crippen LogP contribution in [0.2, 0.25) is 0 Å². The number of ketones is 1. The first-order valence-electron chi connectivity index (χ1n) is 9.67. The molecule has 29 heavy (non-hydrogen) atoms. The number of nitrogens with one attached hydrogen (secondary N) is 1. The van der Waals surface area contributed by atoms with Crippen molar-refractivity contribution >= 4 is 17.2 Å². The minimum Gasteiger partial charge on any atom is -0.507 e. The second-order valence-corrected chi connectivity index (χ2v) is 7.35. The molecule has 150 valence electrons. The fourth-order valence-electron chi connectivity index (χ4n) is 2.93. The van der Waals surface area contributed by atoms with Crippen LogP contribution in [0.15, 0.2) is 60.9 Å². The van der Waals surface area contributed by atoms with Gasteiger partial charge in [-0.3, -0.25) is 9.78 Å². The van der Waals surface area contributed by atoms with E-state index in [0.29, 0.717) is 23.5 Å². The molecule has 2 aromatic carbocycles. The Bertz CT molecular complexity index is 985. The quantitative estimate of drug-likeness (QED) is 0.554. The zero-order valence-electron chi connectivity index (χ0n) is 17.0. The molecule has 0 unspecified atom stereocenters. The molecule has 0 bridgehead atoms. The standard InChI is InChI=1S/C24H26N2O3/c1-16(2)22(27)13-19-9-10-23(17(3)24(19)28)29-15-18-6-4-7-20(12-18)26-21-8-5-11-25-14-21/h4-12,14,16,26,28H,13,15H2,1-3H3. The van der Waals surface area contributed by atoms with Crippen LogP contribution >= 0.6 is 0 Å². The molecule has 0 aliphatic carbocycles. The van der Waals surface area contributed by atoms with Crippen molar-refractivity contribution in [3.63, 3.8) is 0 Å². The molecule has 0 saturated heterocycles. The predicted molar refractivity (Wildman–Crippen MR) is 115 cm³/mol. The second-order valence-electron chi connectivity index (χ2n) is 7.35. The molecule has 0 aliphatic rings. The Kier molecular flexibility index (Phi) is 6.50. The average molecular weight is 390 g/mol. The second kappa shape index (κ2) is 9.24. The molecule has 0 fully saturated rings. The zero-order chi connectivity index (χ0) is 20.8. The van der Waals surface area contributed by atoms with Crippen LogP contribution in [0, 0.1) is 12.8 Å². The lowest BCUT2D eigenvalue weighted by Gasteiger charge is -2.14. The van der Waals surface area contributed by atoms with Crippen LogP contribution in [0.25, 0.3) is 0 Å². The van der Waals surface area contributed by atoms with Crippen LogP contribution in [-0.2, 0) is 17.8 Å². The monoisotopic (exact) mass is 390 g/mol. The van der Waals surface area contributed by atoms with E-state index in [-0.39, 0.29) is 23.9 Å². The molecule has 3 rings (SSSR count). The number of pyridine rings is 1. The summed E-state index contributed by atoms with van der Waals surface area (Å²) >= 11 is 0. The summed E-state index contributed by atoms with van der Waals surface area (Å²) in [6.45, 7) is 5.89. The number of carbonyl (C=O) groups excluding carboxylic acids is 1. The van der Waals surface area contributed by atoms with Crippen LogP contribution in [0.4, 0.5) is 11.4 Å². The molecule has 0 aliphatic heterocycles. The van der Waals surface area contributed by atoms with Gasteiger partial charge in [-0.15, -0.1) is 0 Å². The molecule has 0 saturated carbocycles. The van der Waals surface area contributed by atoms with Crippen molar-refractivity contribution in [1.82, 2.24) is 4.98 Å². The number of phenols is 1. The van der Waals surface area contributed by atoms with Gasteiger partial charge < -0.3 is 15.2 Å². The molecule has 2 N–H and O–H groups in total. The number of hydrogen-bond acceptors (Lipinski definition) is 5. The average Bonchev–Trinajstić information content (AvgIpc) is 2.72. The smallest absolute Gasteiger partial charge is 0.139 e. The van der Waals surface area contributed by atoms with Gasteiger partial charge in [0.1, 0.15) is 23.9 Å². The van der Waals surface area contributed by atoms with Gasteiger partial charge in [0.05, 0.1) is 11.9 Å². The van der Waals surface area contributed by atoms with Crippen molar-refractivity contribution in [1.29, 1.82) is 0 Å². The largest absolute Gasteiger partial charge is 0.507 e. The fraction of sp³-hybridized carbons (Fsp3) is 0.250. The van der Waals surface area contributed by atoms with Gasteiger partial charge in [0.25, 0.3) is 0 Å². The van der Waals surface area contributed by atoms with E-state index >= 15 is 0 Å². The molecule has 1 heterocycles. The van der Waals surface area contributed by atoms with E-state index < -0.39 is 0 Å². The number of phenolic OH excluding ortho intramolecular Hbond substituents is 1. The third kappa shape index (κ3) is 5.35. The summed E-state index contributed by atoms with van der Waals surface area (Å²) < 4.78 is 5.93. The van der Waals surface area contributed by atoms with Crippen LogP contribution in [0.5, 0.6) is 11.5 Å². The summed E-state index contributed by atoms with van der Waals surface area (Å²) in [4.78, 5) is 16.1. The number of aromatic hydroxyl groups is 1. The Morgan fingerprint density at radius 2 is 1.93 bits per heavy atom. The first kappa shape index (κ1) is 20.4. The third-order valence-corrected chi connectivity index (χ3v) is 4.75. The van der Waals surface area contributed by atoms with Crippen molar-refractivity contribution in [3.05, 3.63) is 77.6 Å². The number of nitrogens with zero attached hydrogens (tertiary/aromatic N) is 1. The number of Topliss-reactive ketones (excluding diaryl/α,β-unsaturated/α-hetero) is 1. The van der Waals surface area contributed by atoms with Gasteiger partial charge in [-0.05, 0) is 42.8 Å². The number of rotatable bonds is 8. The number of anilines is 2. The van der Waals surface area contributed by atoms with E-state index in [2.05, 4.69) is 10.3 Å². The van der Waals surface area contributed by atoms with E-state index in [1.165, 1.54) is 0 Å². The van der Waals surface area contributed by atoms with E-state index in [9.17, 15) is 9.90 Å². The lowest BCUT2D eigenvalue weighted by molar-refractivity contribution is -0.121. The summed E-state index contributed by atoms with van der Waals surface area (Å²) in [5, 5.41) is 13.8. The Hall–Kier alpha value is -3.34. The van der Waals surface area contributed by atoms with E-state index in [0.717, 1.165) is 16.9 Å². The van der Waals surface area contributed by atoms with Crippen LogP contribution in [0.3, 0.4) is 0 Å². The molecule has 1 aromatic heterocycles. The highest BCUT2D eigenvalue weighted by Gasteiger charge is 2.15. The Labute approximate surface area is 171 Å². The lowest BCUT2D eigenvalue weighted by Crippen LogP contribution is -2.10. The van der Waals surface area contributed by atoms with Gasteiger partial charge >= 0.3 is 0 Å². The predicted octanol–water partition coefficient (Wildman–Crippen LogP) is 5.19. The summed E-state index contributed by atoms with van der Waals surface area (Å²) in [7, 11) is 0. The lowest BCUT2D eigenvalue weighted by atomic mass is 9.98. The summed E-state index contributed by atoms with van der Waals surface area (Å²) in [6.07, 6.45) is 3.73. The highest BCUT2D eigenvalue weighted by Crippen LogP contribution is 2.32. The van der Waals surface area contributed by atoms with Crippen molar-refractivity contribution in [2.24, 2.45) is 5.92 Å². The highest BCUT2D eigenvalue weighted by atomic mass is 16.5. The number of benzene rings is 2. The summed E-state index contributed by atoms with van der Waals surface area (Å²) in [5.74, 6) is 0.779. The Morgan fingerprint density at radius 1 is 1.14 bits per heavy atom. The molecule has 5 nitrogen and oxygen atoms in total. The summed E-state index contributed by atoms with van der Waals surface area (Å²) in [6, 6.07) is 15.3. The van der Waals surface area contributed by atoms with Gasteiger partial charge in [0.15, 0.2) is 0 Å². The Balaban J connectivity index is 1.67. The molecular weight excluding hydrogens is 364 g/mol. The third-order valence-electron chi connectivity index (χ3n) is 4.75. The van der Waals surface area contributed by atoms with Crippen molar-refractivity contribution < 1.29 is 14.6 Å². The van der Waals surface area contributed by atoms with E-state index in [1.54, 1.807) is 25.4 Å². The highest BCUT2D eigenvalue weighted by molar-refractivity contribution is 5.83. The van der Waals surface area contributed by atoms with Gasteiger partial charge in [-0.1, -0.05) is 32.0 Å². The molecular formula is C24H26N2O3. The number of aromatic nitrogens is 1. The molecule has 5 heteroatoms. The summed E-state index contributed by atoms with van der Waals surface area (Å²) in [5.41, 5.74) is 4.14.